The molecule has 0 amide bonds. The van der Waals surface area contributed by atoms with Gasteiger partial charge in [-0.1, -0.05) is 24.3 Å². The molecule has 0 aliphatic carbocycles. The predicted molar refractivity (Wildman–Crippen MR) is 117 cm³/mol. The van der Waals surface area contributed by atoms with E-state index in [4.69, 9.17) is 9.15 Å². The van der Waals surface area contributed by atoms with Crippen LogP contribution in [0.1, 0.15) is 48.4 Å². The number of benzene rings is 1. The zero-order valence-electron chi connectivity index (χ0n) is 17.8. The minimum atomic E-state index is -1.09. The molecular formula is C25H28N2O4. The van der Waals surface area contributed by atoms with E-state index in [1.165, 1.54) is 0 Å². The van der Waals surface area contributed by atoms with Gasteiger partial charge in [0.2, 0.25) is 5.89 Å². The molecule has 3 heterocycles. The van der Waals surface area contributed by atoms with Gasteiger partial charge in [-0.05, 0) is 69.2 Å². The molecule has 3 aromatic rings. The van der Waals surface area contributed by atoms with Crippen molar-refractivity contribution in [3.8, 4) is 11.5 Å². The monoisotopic (exact) mass is 420 g/mol. The number of carboxylic acid groups (broad SMARTS) is 1. The number of pyridine rings is 1. The molecule has 1 aliphatic heterocycles. The van der Waals surface area contributed by atoms with E-state index in [0.29, 0.717) is 25.3 Å². The molecule has 1 fully saturated rings. The van der Waals surface area contributed by atoms with E-state index in [1.54, 1.807) is 6.20 Å². The fourth-order valence-electron chi connectivity index (χ4n) is 4.08. The Morgan fingerprint density at radius 2 is 1.94 bits per heavy atom. The third kappa shape index (κ3) is 5.02. The molecule has 1 N–H and O–H groups in total. The van der Waals surface area contributed by atoms with Gasteiger partial charge >= 0.3 is 5.97 Å². The summed E-state index contributed by atoms with van der Waals surface area (Å²) in [7, 11) is 0. The number of oxazole rings is 1. The van der Waals surface area contributed by atoms with Crippen LogP contribution in [0.15, 0.2) is 53.1 Å². The first-order valence-electron chi connectivity index (χ1n) is 10.9. The van der Waals surface area contributed by atoms with E-state index in [9.17, 15) is 9.90 Å². The highest BCUT2D eigenvalue weighted by molar-refractivity contribution is 5.78. The Morgan fingerprint density at radius 3 is 2.61 bits per heavy atom. The molecular weight excluding hydrogens is 392 g/mol. The summed E-state index contributed by atoms with van der Waals surface area (Å²) in [6.45, 7) is 2.47. The fraction of sp³-hybridized carbons (Fsp3) is 0.400. The van der Waals surface area contributed by atoms with Gasteiger partial charge < -0.3 is 14.3 Å². The SMILES string of the molecule is Cc1oc(-c2ccccc2)nc1CCCCc1ccc(CC2(C(=O)O)CCCO2)cn1. The van der Waals surface area contributed by atoms with Crippen LogP contribution in [0, 0.1) is 6.92 Å². The van der Waals surface area contributed by atoms with Crippen LogP contribution in [0.4, 0.5) is 0 Å². The van der Waals surface area contributed by atoms with Gasteiger partial charge in [0.05, 0.1) is 5.69 Å². The zero-order valence-corrected chi connectivity index (χ0v) is 17.8. The molecule has 0 radical (unpaired) electrons. The van der Waals surface area contributed by atoms with Crippen molar-refractivity contribution in [2.75, 3.05) is 6.61 Å². The minimum Gasteiger partial charge on any atom is -0.479 e. The lowest BCUT2D eigenvalue weighted by Gasteiger charge is -2.23. The number of carboxylic acids is 1. The predicted octanol–water partition coefficient (Wildman–Crippen LogP) is 4.79. The van der Waals surface area contributed by atoms with Crippen molar-refractivity contribution in [1.82, 2.24) is 9.97 Å². The van der Waals surface area contributed by atoms with Crippen molar-refractivity contribution in [2.45, 2.75) is 57.5 Å². The van der Waals surface area contributed by atoms with Crippen LogP contribution in [0.25, 0.3) is 11.5 Å². The first-order valence-corrected chi connectivity index (χ1v) is 10.9. The Morgan fingerprint density at radius 1 is 1.13 bits per heavy atom. The zero-order chi connectivity index (χ0) is 21.7. The molecule has 1 atom stereocenters. The van der Waals surface area contributed by atoms with Crippen LogP contribution >= 0.6 is 0 Å². The van der Waals surface area contributed by atoms with Crippen LogP contribution in [-0.4, -0.2) is 33.3 Å². The van der Waals surface area contributed by atoms with E-state index in [0.717, 1.165) is 60.4 Å². The molecule has 1 aromatic carbocycles. The molecule has 31 heavy (non-hydrogen) atoms. The van der Waals surface area contributed by atoms with E-state index < -0.39 is 11.6 Å². The van der Waals surface area contributed by atoms with Gasteiger partial charge in [0.1, 0.15) is 5.76 Å². The maximum atomic E-state index is 11.6. The lowest BCUT2D eigenvalue weighted by atomic mass is 9.92. The highest BCUT2D eigenvalue weighted by Gasteiger charge is 2.42. The molecule has 0 spiro atoms. The summed E-state index contributed by atoms with van der Waals surface area (Å²) < 4.78 is 11.4. The molecule has 0 saturated carbocycles. The van der Waals surface area contributed by atoms with Crippen molar-refractivity contribution in [1.29, 1.82) is 0 Å². The summed E-state index contributed by atoms with van der Waals surface area (Å²) >= 11 is 0. The van der Waals surface area contributed by atoms with Gasteiger partial charge in [-0.2, -0.15) is 0 Å². The number of unbranched alkanes of at least 4 members (excludes halogenated alkanes) is 1. The number of rotatable bonds is 9. The van der Waals surface area contributed by atoms with Gasteiger partial charge in [-0.25, -0.2) is 9.78 Å². The number of carbonyl (C=O) groups is 1. The second-order valence-electron chi connectivity index (χ2n) is 8.18. The normalized spacial score (nSPS) is 18.4. The molecule has 1 aliphatic rings. The van der Waals surface area contributed by atoms with Crippen LogP contribution in [-0.2, 0) is 28.8 Å². The Labute approximate surface area is 182 Å². The summed E-state index contributed by atoms with van der Waals surface area (Å²) in [6.07, 6.45) is 7.25. The summed E-state index contributed by atoms with van der Waals surface area (Å²) in [4.78, 5) is 20.8. The van der Waals surface area contributed by atoms with E-state index in [2.05, 4.69) is 9.97 Å². The average Bonchev–Trinajstić information content (AvgIpc) is 3.41. The number of nitrogens with zero attached hydrogens (tertiary/aromatic N) is 2. The fourth-order valence-corrected chi connectivity index (χ4v) is 4.08. The number of aromatic nitrogens is 2. The Bertz CT molecular complexity index is 1010. The Kier molecular flexibility index (Phi) is 6.47. The topological polar surface area (TPSA) is 85.5 Å². The van der Waals surface area contributed by atoms with Crippen LogP contribution in [0.2, 0.25) is 0 Å². The van der Waals surface area contributed by atoms with Crippen LogP contribution in [0.5, 0.6) is 0 Å². The van der Waals surface area contributed by atoms with E-state index >= 15 is 0 Å². The number of aliphatic carboxylic acids is 1. The van der Waals surface area contributed by atoms with Crippen molar-refractivity contribution >= 4 is 5.97 Å². The third-order valence-electron chi connectivity index (χ3n) is 5.88. The Balaban J connectivity index is 1.27. The van der Waals surface area contributed by atoms with E-state index in [1.807, 2.05) is 49.4 Å². The molecule has 6 nitrogen and oxygen atoms in total. The molecule has 2 aromatic heterocycles. The average molecular weight is 421 g/mol. The number of aryl methyl sites for hydroxylation is 3. The summed E-state index contributed by atoms with van der Waals surface area (Å²) in [5.41, 5.74) is 2.84. The quantitative estimate of drug-likeness (QED) is 0.501. The van der Waals surface area contributed by atoms with Crippen LogP contribution in [0.3, 0.4) is 0 Å². The second-order valence-corrected chi connectivity index (χ2v) is 8.18. The number of hydrogen-bond acceptors (Lipinski definition) is 5. The molecule has 6 heteroatoms. The van der Waals surface area contributed by atoms with Crippen LogP contribution < -0.4 is 0 Å². The summed E-state index contributed by atoms with van der Waals surface area (Å²) in [5, 5.41) is 9.55. The standard InChI is InChI=1S/C25H28N2O4/c1-18-22(27-23(31-18)20-8-3-2-4-9-20)11-6-5-10-21-13-12-19(17-26-21)16-25(24(28)29)14-7-15-30-25/h2-4,8-9,12-13,17H,5-7,10-11,14-16H2,1H3,(H,28,29). The van der Waals surface area contributed by atoms with Gasteiger partial charge in [0, 0.05) is 30.5 Å². The molecule has 4 rings (SSSR count). The van der Waals surface area contributed by atoms with Crippen molar-refractivity contribution in [3.05, 3.63) is 71.4 Å². The van der Waals surface area contributed by atoms with Gasteiger partial charge in [-0.15, -0.1) is 0 Å². The molecule has 162 valence electrons. The summed E-state index contributed by atoms with van der Waals surface area (Å²) in [6, 6.07) is 13.9. The molecule has 1 saturated heterocycles. The maximum absolute atomic E-state index is 11.6. The minimum absolute atomic E-state index is 0.366. The lowest BCUT2D eigenvalue weighted by molar-refractivity contribution is -0.159. The van der Waals surface area contributed by atoms with E-state index in [-0.39, 0.29) is 0 Å². The number of hydrogen-bond donors (Lipinski definition) is 1. The second kappa shape index (κ2) is 9.43. The smallest absolute Gasteiger partial charge is 0.336 e. The first kappa shape index (κ1) is 21.2. The van der Waals surface area contributed by atoms with Gasteiger partial charge in [-0.3, -0.25) is 4.98 Å². The highest BCUT2D eigenvalue weighted by atomic mass is 16.5. The van der Waals surface area contributed by atoms with Crippen molar-refractivity contribution in [3.63, 3.8) is 0 Å². The first-order chi connectivity index (χ1) is 15.1. The molecule has 0 bridgehead atoms. The highest BCUT2D eigenvalue weighted by Crippen LogP contribution is 2.30. The maximum Gasteiger partial charge on any atom is 0.336 e. The Hall–Kier alpha value is -2.99. The summed E-state index contributed by atoms with van der Waals surface area (Å²) in [5.74, 6) is 0.672. The van der Waals surface area contributed by atoms with Crippen molar-refractivity contribution < 1.29 is 19.1 Å². The van der Waals surface area contributed by atoms with Gasteiger partial charge in [0.25, 0.3) is 0 Å². The van der Waals surface area contributed by atoms with Gasteiger partial charge in [0.15, 0.2) is 5.60 Å². The number of ether oxygens (including phenoxy) is 1. The largest absolute Gasteiger partial charge is 0.479 e. The molecule has 1 unspecified atom stereocenters. The lowest BCUT2D eigenvalue weighted by Crippen LogP contribution is -2.40. The third-order valence-corrected chi connectivity index (χ3v) is 5.88. The van der Waals surface area contributed by atoms with Crippen molar-refractivity contribution in [2.24, 2.45) is 0 Å².